The molecular weight excluding hydrogens is 390 g/mol. The number of benzene rings is 2. The van der Waals surface area contributed by atoms with Crippen LogP contribution < -0.4 is 4.72 Å². The van der Waals surface area contributed by atoms with Gasteiger partial charge in [-0.3, -0.25) is 0 Å². The first-order chi connectivity index (χ1) is 12.6. The number of methoxy groups -OCH3 is 1. The molecule has 0 aliphatic carbocycles. The summed E-state index contributed by atoms with van der Waals surface area (Å²) >= 11 is 0. The van der Waals surface area contributed by atoms with Crippen molar-refractivity contribution in [1.82, 2.24) is 4.72 Å². The van der Waals surface area contributed by atoms with Crippen molar-refractivity contribution >= 4 is 25.8 Å². The second-order valence-electron chi connectivity index (χ2n) is 5.94. The molecule has 2 rings (SSSR count). The van der Waals surface area contributed by atoms with Crippen molar-refractivity contribution in [2.24, 2.45) is 0 Å². The number of carbonyl (C=O) groups excluding carboxylic acids is 1. The van der Waals surface area contributed by atoms with E-state index in [0.717, 1.165) is 6.26 Å². The number of ether oxygens (including phenoxy) is 1. The molecule has 0 fully saturated rings. The molecule has 7 nitrogen and oxygen atoms in total. The molecule has 1 atom stereocenters. The Morgan fingerprint density at radius 1 is 1.04 bits per heavy atom. The van der Waals surface area contributed by atoms with Crippen LogP contribution in [0, 0.1) is 0 Å². The van der Waals surface area contributed by atoms with Crippen LogP contribution in [0.5, 0.6) is 0 Å². The Morgan fingerprint density at radius 2 is 1.67 bits per heavy atom. The summed E-state index contributed by atoms with van der Waals surface area (Å²) in [6.45, 7) is 1.81. The summed E-state index contributed by atoms with van der Waals surface area (Å²) in [5, 5.41) is 0. The van der Waals surface area contributed by atoms with Crippen LogP contribution in [0.4, 0.5) is 0 Å². The molecule has 0 aromatic heterocycles. The molecule has 1 N–H and O–H groups in total. The third kappa shape index (κ3) is 5.15. The third-order valence-corrected chi connectivity index (χ3v) is 6.58. The molecule has 0 aliphatic rings. The highest BCUT2D eigenvalue weighted by Crippen LogP contribution is 2.22. The Balaban J connectivity index is 2.31. The number of esters is 1. The van der Waals surface area contributed by atoms with Gasteiger partial charge in [-0.1, -0.05) is 25.1 Å². The van der Waals surface area contributed by atoms with Crippen molar-refractivity contribution in [1.29, 1.82) is 0 Å². The van der Waals surface area contributed by atoms with E-state index in [1.807, 2.05) is 6.92 Å². The Bertz CT molecular complexity index is 1030. The maximum Gasteiger partial charge on any atom is 0.337 e. The minimum atomic E-state index is -3.90. The molecule has 0 amide bonds. The van der Waals surface area contributed by atoms with Crippen molar-refractivity contribution in [3.63, 3.8) is 0 Å². The largest absolute Gasteiger partial charge is 0.465 e. The average Bonchev–Trinajstić information content (AvgIpc) is 2.65. The van der Waals surface area contributed by atoms with Gasteiger partial charge in [0, 0.05) is 12.3 Å². The Morgan fingerprint density at radius 3 is 2.19 bits per heavy atom. The molecule has 2 aromatic carbocycles. The lowest BCUT2D eigenvalue weighted by atomic mass is 10.1. The van der Waals surface area contributed by atoms with Crippen LogP contribution >= 0.6 is 0 Å². The van der Waals surface area contributed by atoms with Gasteiger partial charge >= 0.3 is 5.97 Å². The smallest absolute Gasteiger partial charge is 0.337 e. The van der Waals surface area contributed by atoms with E-state index in [-0.39, 0.29) is 15.4 Å². The highest BCUT2D eigenvalue weighted by molar-refractivity contribution is 7.90. The van der Waals surface area contributed by atoms with Crippen LogP contribution in [0.1, 0.15) is 35.3 Å². The van der Waals surface area contributed by atoms with Crippen LogP contribution in [0.3, 0.4) is 0 Å². The summed E-state index contributed by atoms with van der Waals surface area (Å²) in [4.78, 5) is 11.7. The van der Waals surface area contributed by atoms with Crippen molar-refractivity contribution in [2.45, 2.75) is 29.2 Å². The van der Waals surface area contributed by atoms with Crippen LogP contribution in [0.15, 0.2) is 58.3 Å². The normalized spacial score (nSPS) is 13.1. The first-order valence-electron chi connectivity index (χ1n) is 8.09. The van der Waals surface area contributed by atoms with Gasteiger partial charge in [0.2, 0.25) is 10.0 Å². The van der Waals surface area contributed by atoms with Gasteiger partial charge in [-0.15, -0.1) is 0 Å². The number of sulfonamides is 1. The monoisotopic (exact) mass is 411 g/mol. The number of carbonyl (C=O) groups is 1. The first kappa shape index (κ1) is 21.1. The molecule has 27 heavy (non-hydrogen) atoms. The lowest BCUT2D eigenvalue weighted by Crippen LogP contribution is -2.28. The van der Waals surface area contributed by atoms with Gasteiger partial charge in [-0.2, -0.15) is 0 Å². The van der Waals surface area contributed by atoms with E-state index in [1.165, 1.54) is 43.5 Å². The molecule has 9 heteroatoms. The summed E-state index contributed by atoms with van der Waals surface area (Å²) in [7, 11) is -6.01. The summed E-state index contributed by atoms with van der Waals surface area (Å²) in [5.41, 5.74) is 0.767. The second-order valence-corrected chi connectivity index (χ2v) is 9.67. The maximum absolute atomic E-state index is 12.7. The van der Waals surface area contributed by atoms with E-state index in [0.29, 0.717) is 12.0 Å². The molecule has 0 heterocycles. The Kier molecular flexibility index (Phi) is 6.40. The minimum absolute atomic E-state index is 0.0587. The van der Waals surface area contributed by atoms with Crippen molar-refractivity contribution in [3.8, 4) is 0 Å². The van der Waals surface area contributed by atoms with Gasteiger partial charge in [0.15, 0.2) is 9.84 Å². The average molecular weight is 412 g/mol. The molecule has 0 unspecified atom stereocenters. The Labute approximate surface area is 159 Å². The quantitative estimate of drug-likeness (QED) is 0.701. The van der Waals surface area contributed by atoms with E-state index < -0.39 is 31.9 Å². The zero-order chi connectivity index (χ0) is 20.2. The number of hydrogen-bond acceptors (Lipinski definition) is 6. The van der Waals surface area contributed by atoms with Crippen LogP contribution in [0.2, 0.25) is 0 Å². The van der Waals surface area contributed by atoms with Crippen LogP contribution in [-0.4, -0.2) is 36.2 Å². The Hall–Kier alpha value is -2.23. The lowest BCUT2D eigenvalue weighted by molar-refractivity contribution is 0.0600. The molecule has 0 saturated carbocycles. The molecule has 0 aliphatic heterocycles. The molecule has 0 spiro atoms. The van der Waals surface area contributed by atoms with E-state index in [4.69, 9.17) is 0 Å². The lowest BCUT2D eigenvalue weighted by Gasteiger charge is -2.18. The van der Waals surface area contributed by atoms with Gasteiger partial charge in [-0.05, 0) is 42.3 Å². The third-order valence-electron chi connectivity index (χ3n) is 3.98. The highest BCUT2D eigenvalue weighted by atomic mass is 32.2. The highest BCUT2D eigenvalue weighted by Gasteiger charge is 2.22. The van der Waals surface area contributed by atoms with Crippen molar-refractivity contribution in [3.05, 3.63) is 59.7 Å². The zero-order valence-electron chi connectivity index (χ0n) is 15.2. The topological polar surface area (TPSA) is 107 Å². The maximum atomic E-state index is 12.7. The first-order valence-corrected chi connectivity index (χ1v) is 11.5. The van der Waals surface area contributed by atoms with E-state index >= 15 is 0 Å². The predicted molar refractivity (Wildman–Crippen MR) is 101 cm³/mol. The van der Waals surface area contributed by atoms with Gasteiger partial charge in [-0.25, -0.2) is 26.4 Å². The minimum Gasteiger partial charge on any atom is -0.465 e. The van der Waals surface area contributed by atoms with Crippen LogP contribution in [-0.2, 0) is 24.6 Å². The standard InChI is InChI=1S/C18H21NO6S2/c1-4-17(13-8-10-15(11-9-13)26(3,21)22)19-27(23,24)16-7-5-6-14(12-16)18(20)25-2/h5-12,17,19H,4H2,1-3H3/t17-/m0/s1. The summed E-state index contributed by atoms with van der Waals surface area (Å²) in [5.74, 6) is -0.629. The SMILES string of the molecule is CC[C@H](NS(=O)(=O)c1cccc(C(=O)OC)c1)c1ccc(S(C)(=O)=O)cc1. The van der Waals surface area contributed by atoms with Crippen LogP contribution in [0.25, 0.3) is 0 Å². The molecule has 0 radical (unpaired) electrons. The molecule has 0 saturated heterocycles. The summed E-state index contributed by atoms with van der Waals surface area (Å²) in [6.07, 6.45) is 1.56. The van der Waals surface area contributed by atoms with Gasteiger partial charge in [0.05, 0.1) is 22.5 Å². The molecule has 2 aromatic rings. The van der Waals surface area contributed by atoms with Gasteiger partial charge in [0.1, 0.15) is 0 Å². The van der Waals surface area contributed by atoms with Gasteiger partial charge in [0.25, 0.3) is 0 Å². The molecule has 0 bridgehead atoms. The van der Waals surface area contributed by atoms with Crippen molar-refractivity contribution < 1.29 is 26.4 Å². The zero-order valence-corrected chi connectivity index (χ0v) is 16.8. The summed E-state index contributed by atoms with van der Waals surface area (Å²) in [6, 6.07) is 11.1. The number of hydrogen-bond donors (Lipinski definition) is 1. The summed E-state index contributed by atoms with van der Waals surface area (Å²) < 4.78 is 55.7. The number of rotatable bonds is 7. The van der Waals surface area contributed by atoms with E-state index in [2.05, 4.69) is 9.46 Å². The fourth-order valence-corrected chi connectivity index (χ4v) is 4.48. The molecular formula is C18H21NO6S2. The molecule has 146 valence electrons. The number of nitrogens with one attached hydrogen (secondary N) is 1. The predicted octanol–water partition coefficient (Wildman–Crippen LogP) is 2.31. The van der Waals surface area contributed by atoms with E-state index in [9.17, 15) is 21.6 Å². The number of sulfone groups is 1. The van der Waals surface area contributed by atoms with Gasteiger partial charge < -0.3 is 4.74 Å². The fourth-order valence-electron chi connectivity index (χ4n) is 2.50. The van der Waals surface area contributed by atoms with Crippen molar-refractivity contribution in [2.75, 3.05) is 13.4 Å². The fraction of sp³-hybridized carbons (Fsp3) is 0.278. The van der Waals surface area contributed by atoms with E-state index in [1.54, 1.807) is 12.1 Å². The second kappa shape index (κ2) is 8.20.